The van der Waals surface area contributed by atoms with Gasteiger partial charge in [-0.05, 0) is 6.92 Å². The van der Waals surface area contributed by atoms with Gasteiger partial charge in [0.1, 0.15) is 12.2 Å². The lowest BCUT2D eigenvalue weighted by Crippen LogP contribution is -2.22. The second kappa shape index (κ2) is 4.44. The molecule has 2 aromatic heterocycles. The number of aryl methyl sites for hydroxylation is 2. The minimum Gasteiger partial charge on any atom is -0.337 e. The van der Waals surface area contributed by atoms with E-state index in [-0.39, 0.29) is 6.04 Å². The Hall–Kier alpha value is -1.69. The largest absolute Gasteiger partial charge is 0.337 e. The molecule has 0 aromatic carbocycles. The maximum Gasteiger partial charge on any atom is 0.149 e. The molecule has 2 heterocycles. The molecule has 86 valence electrons. The van der Waals surface area contributed by atoms with Crippen molar-refractivity contribution in [1.29, 1.82) is 0 Å². The van der Waals surface area contributed by atoms with Crippen LogP contribution in [0.1, 0.15) is 24.5 Å². The van der Waals surface area contributed by atoms with Crippen LogP contribution in [0.2, 0.25) is 0 Å². The summed E-state index contributed by atoms with van der Waals surface area (Å²) >= 11 is 0. The van der Waals surface area contributed by atoms with Gasteiger partial charge in [-0.25, -0.2) is 4.98 Å². The van der Waals surface area contributed by atoms with Crippen LogP contribution >= 0.6 is 0 Å². The van der Waals surface area contributed by atoms with Crippen molar-refractivity contribution >= 4 is 0 Å². The topological polar surface area (TPSA) is 60.6 Å². The molecule has 0 spiro atoms. The van der Waals surface area contributed by atoms with E-state index < -0.39 is 0 Å². The highest BCUT2D eigenvalue weighted by Gasteiger charge is 2.10. The summed E-state index contributed by atoms with van der Waals surface area (Å²) in [7, 11) is 3.93. The smallest absolute Gasteiger partial charge is 0.149 e. The van der Waals surface area contributed by atoms with Crippen molar-refractivity contribution in [2.75, 3.05) is 0 Å². The van der Waals surface area contributed by atoms with Crippen LogP contribution in [0.3, 0.4) is 0 Å². The first-order chi connectivity index (χ1) is 7.68. The Bertz CT molecular complexity index is 457. The SMILES string of the molecule is CC(NCc1cncn1C)c1nncn1C. The van der Waals surface area contributed by atoms with E-state index in [2.05, 4.69) is 27.4 Å². The monoisotopic (exact) mass is 220 g/mol. The molecule has 6 heteroatoms. The summed E-state index contributed by atoms with van der Waals surface area (Å²) in [6.07, 6.45) is 5.36. The molecule has 1 unspecified atom stereocenters. The fourth-order valence-corrected chi connectivity index (χ4v) is 1.59. The van der Waals surface area contributed by atoms with Gasteiger partial charge in [0.25, 0.3) is 0 Å². The number of imidazole rings is 1. The Balaban J connectivity index is 1.97. The first-order valence-corrected chi connectivity index (χ1v) is 5.21. The summed E-state index contributed by atoms with van der Waals surface area (Å²) in [4.78, 5) is 4.07. The van der Waals surface area contributed by atoms with E-state index in [4.69, 9.17) is 0 Å². The highest BCUT2D eigenvalue weighted by molar-refractivity contribution is 4.99. The lowest BCUT2D eigenvalue weighted by Gasteiger charge is -2.12. The molecule has 0 amide bonds. The molecule has 0 bridgehead atoms. The van der Waals surface area contributed by atoms with Crippen LogP contribution in [-0.2, 0) is 20.6 Å². The van der Waals surface area contributed by atoms with Gasteiger partial charge in [-0.1, -0.05) is 0 Å². The molecular formula is C10H16N6. The second-order valence-corrected chi connectivity index (χ2v) is 3.90. The van der Waals surface area contributed by atoms with E-state index in [1.807, 2.05) is 29.4 Å². The molecule has 0 aliphatic heterocycles. The number of nitrogens with one attached hydrogen (secondary N) is 1. The molecule has 0 aliphatic rings. The number of hydrogen-bond acceptors (Lipinski definition) is 4. The van der Waals surface area contributed by atoms with Gasteiger partial charge >= 0.3 is 0 Å². The summed E-state index contributed by atoms with van der Waals surface area (Å²) in [5, 5.41) is 11.3. The predicted octanol–water partition coefficient (Wildman–Crippen LogP) is 0.399. The number of rotatable bonds is 4. The van der Waals surface area contributed by atoms with Gasteiger partial charge in [0.15, 0.2) is 0 Å². The van der Waals surface area contributed by atoms with Gasteiger partial charge in [0, 0.05) is 26.8 Å². The zero-order valence-electron chi connectivity index (χ0n) is 9.75. The molecule has 0 aliphatic carbocycles. The van der Waals surface area contributed by atoms with Gasteiger partial charge in [0.05, 0.1) is 18.1 Å². The van der Waals surface area contributed by atoms with Crippen LogP contribution in [0, 0.1) is 0 Å². The lowest BCUT2D eigenvalue weighted by atomic mass is 10.3. The summed E-state index contributed by atoms with van der Waals surface area (Å²) in [5.41, 5.74) is 1.15. The molecule has 1 N–H and O–H groups in total. The van der Waals surface area contributed by atoms with Gasteiger partial charge in [-0.2, -0.15) is 0 Å². The summed E-state index contributed by atoms with van der Waals surface area (Å²) < 4.78 is 3.91. The molecule has 0 saturated heterocycles. The third kappa shape index (κ3) is 2.11. The molecule has 16 heavy (non-hydrogen) atoms. The normalized spacial score (nSPS) is 12.9. The zero-order valence-corrected chi connectivity index (χ0v) is 9.75. The Morgan fingerprint density at radius 2 is 2.12 bits per heavy atom. The van der Waals surface area contributed by atoms with E-state index in [9.17, 15) is 0 Å². The van der Waals surface area contributed by atoms with Crippen LogP contribution in [0.15, 0.2) is 18.9 Å². The Morgan fingerprint density at radius 1 is 1.31 bits per heavy atom. The lowest BCUT2D eigenvalue weighted by molar-refractivity contribution is 0.517. The molecular weight excluding hydrogens is 204 g/mol. The van der Waals surface area contributed by atoms with Crippen molar-refractivity contribution in [2.24, 2.45) is 14.1 Å². The summed E-state index contributed by atoms with van der Waals surface area (Å²) in [6, 6.07) is 0.169. The average Bonchev–Trinajstić information content (AvgIpc) is 2.84. The Kier molecular flexibility index (Phi) is 3.00. The van der Waals surface area contributed by atoms with Crippen LogP contribution < -0.4 is 5.32 Å². The van der Waals surface area contributed by atoms with Gasteiger partial charge < -0.3 is 14.5 Å². The van der Waals surface area contributed by atoms with Gasteiger partial charge in [-0.3, -0.25) is 0 Å². The van der Waals surface area contributed by atoms with Crippen LogP contribution in [0.5, 0.6) is 0 Å². The third-order valence-electron chi connectivity index (χ3n) is 2.64. The van der Waals surface area contributed by atoms with E-state index in [1.165, 1.54) is 0 Å². The highest BCUT2D eigenvalue weighted by atomic mass is 15.3. The molecule has 0 saturated carbocycles. The van der Waals surface area contributed by atoms with Gasteiger partial charge in [0.2, 0.25) is 0 Å². The zero-order chi connectivity index (χ0) is 11.5. The third-order valence-corrected chi connectivity index (χ3v) is 2.64. The maximum absolute atomic E-state index is 4.07. The van der Waals surface area contributed by atoms with E-state index in [0.717, 1.165) is 18.1 Å². The second-order valence-electron chi connectivity index (χ2n) is 3.90. The van der Waals surface area contributed by atoms with Crippen LogP contribution in [0.25, 0.3) is 0 Å². The summed E-state index contributed by atoms with van der Waals surface area (Å²) in [5.74, 6) is 0.933. The minimum atomic E-state index is 0.169. The van der Waals surface area contributed by atoms with Crippen molar-refractivity contribution in [3.8, 4) is 0 Å². The molecule has 0 radical (unpaired) electrons. The molecule has 2 aromatic rings. The van der Waals surface area contributed by atoms with E-state index >= 15 is 0 Å². The summed E-state index contributed by atoms with van der Waals surface area (Å²) in [6.45, 7) is 2.84. The predicted molar refractivity (Wildman–Crippen MR) is 59.5 cm³/mol. The number of hydrogen-bond donors (Lipinski definition) is 1. The molecule has 2 rings (SSSR count). The van der Waals surface area contributed by atoms with Gasteiger partial charge in [-0.15, -0.1) is 10.2 Å². The number of aromatic nitrogens is 5. The van der Waals surface area contributed by atoms with Crippen molar-refractivity contribution in [3.63, 3.8) is 0 Å². The van der Waals surface area contributed by atoms with Crippen molar-refractivity contribution in [1.82, 2.24) is 29.6 Å². The van der Waals surface area contributed by atoms with Crippen LogP contribution in [-0.4, -0.2) is 24.3 Å². The minimum absolute atomic E-state index is 0.169. The van der Waals surface area contributed by atoms with Crippen molar-refractivity contribution < 1.29 is 0 Å². The molecule has 6 nitrogen and oxygen atoms in total. The van der Waals surface area contributed by atoms with Crippen molar-refractivity contribution in [3.05, 3.63) is 30.4 Å². The standard InChI is InChI=1S/C10H16N6/c1-8(10-14-13-7-16(10)3)12-5-9-4-11-6-15(9)2/h4,6-8,12H,5H2,1-3H3. The average molecular weight is 220 g/mol. The Morgan fingerprint density at radius 3 is 2.69 bits per heavy atom. The van der Waals surface area contributed by atoms with Crippen LogP contribution in [0.4, 0.5) is 0 Å². The quantitative estimate of drug-likeness (QED) is 0.810. The first-order valence-electron chi connectivity index (χ1n) is 5.21. The fraction of sp³-hybridized carbons (Fsp3) is 0.500. The first kappa shape index (κ1) is 10.8. The van der Waals surface area contributed by atoms with E-state index in [0.29, 0.717) is 0 Å². The fourth-order valence-electron chi connectivity index (χ4n) is 1.59. The molecule has 1 atom stereocenters. The van der Waals surface area contributed by atoms with Crippen molar-refractivity contribution in [2.45, 2.75) is 19.5 Å². The number of nitrogens with zero attached hydrogens (tertiary/aromatic N) is 5. The Labute approximate surface area is 94.3 Å². The maximum atomic E-state index is 4.07. The highest BCUT2D eigenvalue weighted by Crippen LogP contribution is 2.08. The molecule has 0 fully saturated rings. The van der Waals surface area contributed by atoms with E-state index in [1.54, 1.807) is 12.7 Å².